The van der Waals surface area contributed by atoms with E-state index in [2.05, 4.69) is 5.32 Å². The molecule has 1 saturated carbocycles. The van der Waals surface area contributed by atoms with Crippen molar-refractivity contribution in [2.45, 2.75) is 31.7 Å². The second-order valence-electron chi connectivity index (χ2n) is 3.46. The Hall–Kier alpha value is -0.760. The molecule has 0 atom stereocenters. The van der Waals surface area contributed by atoms with Gasteiger partial charge in [-0.1, -0.05) is 0 Å². The summed E-state index contributed by atoms with van der Waals surface area (Å²) in [6.07, 6.45) is 8.68. The van der Waals surface area contributed by atoms with E-state index < -0.39 is 0 Å². The SMILES string of the molecule is c1cc(CCCNC2CC2)co1. The van der Waals surface area contributed by atoms with Crippen LogP contribution in [-0.2, 0) is 6.42 Å². The van der Waals surface area contributed by atoms with E-state index in [0.29, 0.717) is 0 Å². The molecule has 0 spiro atoms. The summed E-state index contributed by atoms with van der Waals surface area (Å²) in [4.78, 5) is 0. The highest BCUT2D eigenvalue weighted by atomic mass is 16.3. The van der Waals surface area contributed by atoms with Crippen LogP contribution >= 0.6 is 0 Å². The second-order valence-corrected chi connectivity index (χ2v) is 3.46. The number of hydrogen-bond donors (Lipinski definition) is 1. The van der Waals surface area contributed by atoms with Crippen molar-refractivity contribution in [2.24, 2.45) is 0 Å². The van der Waals surface area contributed by atoms with Crippen molar-refractivity contribution in [3.63, 3.8) is 0 Å². The minimum atomic E-state index is 0.842. The van der Waals surface area contributed by atoms with Crippen molar-refractivity contribution < 1.29 is 4.42 Å². The zero-order valence-corrected chi connectivity index (χ0v) is 7.25. The highest BCUT2D eigenvalue weighted by Gasteiger charge is 2.19. The van der Waals surface area contributed by atoms with Gasteiger partial charge >= 0.3 is 0 Å². The minimum Gasteiger partial charge on any atom is -0.472 e. The highest BCUT2D eigenvalue weighted by molar-refractivity contribution is 5.05. The van der Waals surface area contributed by atoms with Crippen molar-refractivity contribution in [3.8, 4) is 0 Å². The fourth-order valence-electron chi connectivity index (χ4n) is 1.32. The summed E-state index contributed by atoms with van der Waals surface area (Å²) < 4.78 is 4.98. The summed E-state index contributed by atoms with van der Waals surface area (Å²) in [6.45, 7) is 1.15. The molecule has 0 bridgehead atoms. The van der Waals surface area contributed by atoms with Crippen LogP contribution in [0.15, 0.2) is 23.0 Å². The minimum absolute atomic E-state index is 0.842. The fourth-order valence-corrected chi connectivity index (χ4v) is 1.32. The molecule has 1 aromatic heterocycles. The van der Waals surface area contributed by atoms with Crippen LogP contribution in [0.2, 0.25) is 0 Å². The molecule has 0 saturated heterocycles. The third kappa shape index (κ3) is 2.38. The van der Waals surface area contributed by atoms with E-state index in [-0.39, 0.29) is 0 Å². The summed E-state index contributed by atoms with van der Waals surface area (Å²) in [7, 11) is 0. The van der Waals surface area contributed by atoms with Crippen LogP contribution in [0, 0.1) is 0 Å². The molecule has 1 fully saturated rings. The normalized spacial score (nSPS) is 16.7. The van der Waals surface area contributed by atoms with Gasteiger partial charge in [-0.05, 0) is 43.9 Å². The molecule has 66 valence electrons. The molecule has 1 N–H and O–H groups in total. The van der Waals surface area contributed by atoms with Gasteiger partial charge in [-0.3, -0.25) is 0 Å². The van der Waals surface area contributed by atoms with Gasteiger partial charge in [-0.25, -0.2) is 0 Å². The lowest BCUT2D eigenvalue weighted by Gasteiger charge is -1.99. The number of nitrogens with one attached hydrogen (secondary N) is 1. The smallest absolute Gasteiger partial charge is 0.0934 e. The first-order valence-electron chi connectivity index (χ1n) is 4.69. The lowest BCUT2D eigenvalue weighted by Crippen LogP contribution is -2.17. The van der Waals surface area contributed by atoms with E-state index in [4.69, 9.17) is 4.42 Å². The van der Waals surface area contributed by atoms with Crippen LogP contribution < -0.4 is 5.32 Å². The second kappa shape index (κ2) is 3.76. The monoisotopic (exact) mass is 165 g/mol. The van der Waals surface area contributed by atoms with Gasteiger partial charge in [0.15, 0.2) is 0 Å². The first-order chi connectivity index (χ1) is 5.95. The maximum absolute atomic E-state index is 4.98. The van der Waals surface area contributed by atoms with Gasteiger partial charge in [0.25, 0.3) is 0 Å². The molecule has 1 aliphatic rings. The van der Waals surface area contributed by atoms with Crippen LogP contribution in [-0.4, -0.2) is 12.6 Å². The number of rotatable bonds is 5. The summed E-state index contributed by atoms with van der Waals surface area (Å²) in [5.41, 5.74) is 1.31. The summed E-state index contributed by atoms with van der Waals surface area (Å²) in [5.74, 6) is 0. The first kappa shape index (κ1) is 7.87. The molecule has 1 aromatic rings. The molecule has 1 aliphatic carbocycles. The lowest BCUT2D eigenvalue weighted by molar-refractivity contribution is 0.561. The molecule has 0 amide bonds. The van der Waals surface area contributed by atoms with E-state index in [0.717, 1.165) is 19.0 Å². The standard InChI is InChI=1S/C10H15NO/c1(6-11-10-3-4-10)2-9-5-7-12-8-9/h5,7-8,10-11H,1-4,6H2. The average Bonchev–Trinajstić information content (AvgIpc) is 2.76. The molecule has 0 radical (unpaired) electrons. The first-order valence-corrected chi connectivity index (χ1v) is 4.69. The van der Waals surface area contributed by atoms with Crippen molar-refractivity contribution in [2.75, 3.05) is 6.54 Å². The zero-order chi connectivity index (χ0) is 8.23. The Morgan fingerprint density at radius 3 is 3.08 bits per heavy atom. The third-order valence-electron chi connectivity index (χ3n) is 2.23. The van der Waals surface area contributed by atoms with Crippen LogP contribution in [0.4, 0.5) is 0 Å². The highest BCUT2D eigenvalue weighted by Crippen LogP contribution is 2.18. The predicted octanol–water partition coefficient (Wildman–Crippen LogP) is 1.96. The number of aryl methyl sites for hydroxylation is 1. The molecule has 2 rings (SSSR count). The Kier molecular flexibility index (Phi) is 2.47. The summed E-state index contributed by atoms with van der Waals surface area (Å²) in [5, 5.41) is 3.49. The molecule has 2 heteroatoms. The Labute approximate surface area is 73.0 Å². The lowest BCUT2D eigenvalue weighted by atomic mass is 10.2. The maximum Gasteiger partial charge on any atom is 0.0934 e. The molecule has 0 aliphatic heterocycles. The third-order valence-corrected chi connectivity index (χ3v) is 2.23. The van der Waals surface area contributed by atoms with Gasteiger partial charge in [0, 0.05) is 6.04 Å². The molecular formula is C10H15NO. The Morgan fingerprint density at radius 1 is 1.50 bits per heavy atom. The molecule has 0 unspecified atom stereocenters. The molecule has 12 heavy (non-hydrogen) atoms. The van der Waals surface area contributed by atoms with Gasteiger partial charge in [0.2, 0.25) is 0 Å². The van der Waals surface area contributed by atoms with Gasteiger partial charge in [-0.2, -0.15) is 0 Å². The van der Waals surface area contributed by atoms with Crippen LogP contribution in [0.5, 0.6) is 0 Å². The van der Waals surface area contributed by atoms with Gasteiger partial charge in [0.1, 0.15) is 0 Å². The van der Waals surface area contributed by atoms with E-state index in [9.17, 15) is 0 Å². The summed E-state index contributed by atoms with van der Waals surface area (Å²) >= 11 is 0. The quantitative estimate of drug-likeness (QED) is 0.675. The molecular weight excluding hydrogens is 150 g/mol. The van der Waals surface area contributed by atoms with Crippen LogP contribution in [0.3, 0.4) is 0 Å². The van der Waals surface area contributed by atoms with Crippen molar-refractivity contribution in [3.05, 3.63) is 24.2 Å². The molecule has 2 nitrogen and oxygen atoms in total. The molecule has 0 aromatic carbocycles. The van der Waals surface area contributed by atoms with Gasteiger partial charge in [0.05, 0.1) is 12.5 Å². The maximum atomic E-state index is 4.98. The van der Waals surface area contributed by atoms with E-state index in [1.165, 1.54) is 24.8 Å². The fraction of sp³-hybridized carbons (Fsp3) is 0.600. The Morgan fingerprint density at radius 2 is 2.42 bits per heavy atom. The Balaban J connectivity index is 1.56. The van der Waals surface area contributed by atoms with Crippen LogP contribution in [0.25, 0.3) is 0 Å². The van der Waals surface area contributed by atoms with Gasteiger partial charge < -0.3 is 9.73 Å². The van der Waals surface area contributed by atoms with Crippen molar-refractivity contribution in [1.29, 1.82) is 0 Å². The molecule has 1 heterocycles. The van der Waals surface area contributed by atoms with Crippen molar-refractivity contribution in [1.82, 2.24) is 5.32 Å². The van der Waals surface area contributed by atoms with Crippen molar-refractivity contribution >= 4 is 0 Å². The van der Waals surface area contributed by atoms with Gasteiger partial charge in [-0.15, -0.1) is 0 Å². The Bertz CT molecular complexity index is 214. The van der Waals surface area contributed by atoms with E-state index in [1.807, 2.05) is 12.3 Å². The number of furan rings is 1. The van der Waals surface area contributed by atoms with E-state index >= 15 is 0 Å². The topological polar surface area (TPSA) is 25.2 Å². The predicted molar refractivity (Wildman–Crippen MR) is 48.1 cm³/mol. The summed E-state index contributed by atoms with van der Waals surface area (Å²) in [6, 6.07) is 2.88. The largest absolute Gasteiger partial charge is 0.472 e. The zero-order valence-electron chi connectivity index (χ0n) is 7.25. The average molecular weight is 165 g/mol. The number of hydrogen-bond acceptors (Lipinski definition) is 2. The van der Waals surface area contributed by atoms with Crippen LogP contribution in [0.1, 0.15) is 24.8 Å². The van der Waals surface area contributed by atoms with E-state index in [1.54, 1.807) is 6.26 Å².